The number of carbonyl (C=O) groups is 2. The van der Waals surface area contributed by atoms with Crippen molar-refractivity contribution in [2.75, 3.05) is 39.6 Å². The van der Waals surface area contributed by atoms with E-state index in [0.717, 1.165) is 0 Å². The van der Waals surface area contributed by atoms with Gasteiger partial charge in [-0.25, -0.2) is 0 Å². The van der Waals surface area contributed by atoms with E-state index in [1.54, 1.807) is 35.2 Å². The van der Waals surface area contributed by atoms with Gasteiger partial charge in [-0.05, 0) is 37.1 Å². The van der Waals surface area contributed by atoms with E-state index in [1.165, 1.54) is 0 Å². The first-order valence-corrected chi connectivity index (χ1v) is 11.0. The summed E-state index contributed by atoms with van der Waals surface area (Å²) < 4.78 is 21.6. The normalized spacial score (nSPS) is 16.2. The van der Waals surface area contributed by atoms with Crippen molar-refractivity contribution >= 4 is 11.8 Å². The van der Waals surface area contributed by atoms with Gasteiger partial charge in [0.15, 0.2) is 18.1 Å². The molecule has 1 fully saturated rings. The molecule has 176 valence electrons. The zero-order valence-corrected chi connectivity index (χ0v) is 18.3. The van der Waals surface area contributed by atoms with Crippen LogP contribution >= 0.6 is 0 Å². The van der Waals surface area contributed by atoms with Crippen molar-refractivity contribution in [1.29, 1.82) is 0 Å². The predicted molar refractivity (Wildman–Crippen MR) is 118 cm³/mol. The Hall–Kier alpha value is -3.46. The lowest BCUT2D eigenvalue weighted by molar-refractivity contribution is -0.137. The van der Waals surface area contributed by atoms with Gasteiger partial charge < -0.3 is 34.3 Å². The van der Waals surface area contributed by atoms with Gasteiger partial charge in [-0.2, -0.15) is 0 Å². The second-order valence-electron chi connectivity index (χ2n) is 7.98. The molecule has 4 rings (SSSR count). The summed E-state index contributed by atoms with van der Waals surface area (Å²) >= 11 is 0. The predicted octanol–water partition coefficient (Wildman–Crippen LogP) is 1.59. The fraction of sp³-hybridized carbons (Fsp3) is 0.417. The summed E-state index contributed by atoms with van der Waals surface area (Å²) in [4.78, 5) is 26.5. The maximum atomic E-state index is 12.5. The summed E-state index contributed by atoms with van der Waals surface area (Å²) in [5.74, 6) is 2.07. The number of ether oxygens (including phenoxy) is 4. The summed E-state index contributed by atoms with van der Waals surface area (Å²) in [6.45, 7) is 1.30. The summed E-state index contributed by atoms with van der Waals surface area (Å²) in [5.41, 5.74) is 0. The van der Waals surface area contributed by atoms with Gasteiger partial charge in [-0.15, -0.1) is 0 Å². The number of rotatable bonds is 9. The Morgan fingerprint density at radius 3 is 2.58 bits per heavy atom. The number of para-hydroxylation sites is 1. The number of aliphatic hydroxyl groups is 1. The third-order valence-corrected chi connectivity index (χ3v) is 5.62. The Kier molecular flexibility index (Phi) is 7.51. The van der Waals surface area contributed by atoms with Gasteiger partial charge in [0.1, 0.15) is 24.2 Å². The van der Waals surface area contributed by atoms with E-state index < -0.39 is 6.10 Å². The number of amides is 2. The van der Waals surface area contributed by atoms with E-state index in [-0.39, 0.29) is 44.3 Å². The fourth-order valence-corrected chi connectivity index (χ4v) is 3.72. The standard InChI is InChI=1S/C24H28N2O7/c27-18(14-30-20-6-7-21-22(12-20)33-16-32-21)13-25-24(29)17-8-10-26(11-9-17)23(28)15-31-19-4-2-1-3-5-19/h1-7,12,17-18,27H,8-11,13-16H2,(H,25,29). The van der Waals surface area contributed by atoms with Gasteiger partial charge in [-0.1, -0.05) is 18.2 Å². The molecule has 0 aliphatic carbocycles. The average molecular weight is 456 g/mol. The highest BCUT2D eigenvalue weighted by molar-refractivity contribution is 5.80. The highest BCUT2D eigenvalue weighted by Gasteiger charge is 2.27. The summed E-state index contributed by atoms with van der Waals surface area (Å²) in [7, 11) is 0. The Morgan fingerprint density at radius 1 is 1.03 bits per heavy atom. The summed E-state index contributed by atoms with van der Waals surface area (Å²) in [6, 6.07) is 14.4. The van der Waals surface area contributed by atoms with Crippen molar-refractivity contribution in [3.63, 3.8) is 0 Å². The fourth-order valence-electron chi connectivity index (χ4n) is 3.72. The molecule has 2 heterocycles. The van der Waals surface area contributed by atoms with Crippen LogP contribution in [-0.4, -0.2) is 67.6 Å². The topological polar surface area (TPSA) is 107 Å². The van der Waals surface area contributed by atoms with Crippen molar-refractivity contribution in [3.05, 3.63) is 48.5 Å². The van der Waals surface area contributed by atoms with E-state index in [2.05, 4.69) is 5.32 Å². The minimum atomic E-state index is -0.851. The molecular formula is C24H28N2O7. The van der Waals surface area contributed by atoms with E-state index in [1.807, 2.05) is 18.2 Å². The van der Waals surface area contributed by atoms with Crippen LogP contribution in [0.5, 0.6) is 23.0 Å². The van der Waals surface area contributed by atoms with Crippen LogP contribution in [-0.2, 0) is 9.59 Å². The Morgan fingerprint density at radius 2 is 1.79 bits per heavy atom. The number of likely N-dealkylation sites (tertiary alicyclic amines) is 1. The second kappa shape index (κ2) is 10.9. The van der Waals surface area contributed by atoms with Gasteiger partial charge in [0.25, 0.3) is 5.91 Å². The van der Waals surface area contributed by atoms with Gasteiger partial charge >= 0.3 is 0 Å². The van der Waals surface area contributed by atoms with Crippen LogP contribution in [0, 0.1) is 5.92 Å². The zero-order valence-electron chi connectivity index (χ0n) is 18.3. The van der Waals surface area contributed by atoms with Gasteiger partial charge in [0.2, 0.25) is 12.7 Å². The van der Waals surface area contributed by atoms with E-state index in [0.29, 0.717) is 48.9 Å². The minimum absolute atomic E-state index is 0.0174. The van der Waals surface area contributed by atoms with E-state index in [9.17, 15) is 14.7 Å². The lowest BCUT2D eigenvalue weighted by Gasteiger charge is -2.31. The molecule has 0 radical (unpaired) electrons. The van der Waals surface area contributed by atoms with Crippen molar-refractivity contribution in [1.82, 2.24) is 10.2 Å². The molecule has 9 nitrogen and oxygen atoms in total. The number of hydrogen-bond acceptors (Lipinski definition) is 7. The first-order chi connectivity index (χ1) is 16.1. The third-order valence-electron chi connectivity index (χ3n) is 5.62. The molecule has 1 unspecified atom stereocenters. The maximum Gasteiger partial charge on any atom is 0.260 e. The molecule has 2 aromatic rings. The highest BCUT2D eigenvalue weighted by Crippen LogP contribution is 2.35. The molecule has 0 aromatic heterocycles. The van der Waals surface area contributed by atoms with Crippen molar-refractivity contribution in [2.24, 2.45) is 5.92 Å². The smallest absolute Gasteiger partial charge is 0.260 e. The number of aliphatic hydroxyl groups excluding tert-OH is 1. The molecule has 33 heavy (non-hydrogen) atoms. The molecule has 2 amide bonds. The van der Waals surface area contributed by atoms with Crippen LogP contribution in [0.1, 0.15) is 12.8 Å². The van der Waals surface area contributed by atoms with Crippen molar-refractivity contribution in [2.45, 2.75) is 18.9 Å². The molecule has 2 aliphatic heterocycles. The van der Waals surface area contributed by atoms with E-state index >= 15 is 0 Å². The molecule has 0 bridgehead atoms. The first kappa shape index (κ1) is 22.7. The second-order valence-corrected chi connectivity index (χ2v) is 7.98. The van der Waals surface area contributed by atoms with E-state index in [4.69, 9.17) is 18.9 Å². The zero-order chi connectivity index (χ0) is 23.0. The maximum absolute atomic E-state index is 12.5. The Balaban J connectivity index is 1.12. The Bertz CT molecular complexity index is 945. The van der Waals surface area contributed by atoms with Gasteiger partial charge in [0.05, 0.1) is 0 Å². The number of benzene rings is 2. The lowest BCUT2D eigenvalue weighted by Crippen LogP contribution is -2.45. The van der Waals surface area contributed by atoms with Gasteiger partial charge in [-0.3, -0.25) is 9.59 Å². The lowest BCUT2D eigenvalue weighted by atomic mass is 9.96. The average Bonchev–Trinajstić information content (AvgIpc) is 3.33. The number of piperidine rings is 1. The molecule has 2 aliphatic rings. The van der Waals surface area contributed by atoms with Crippen LogP contribution in [0.25, 0.3) is 0 Å². The van der Waals surface area contributed by atoms with Crippen LogP contribution in [0.4, 0.5) is 0 Å². The number of fused-ring (bicyclic) bond motifs is 1. The summed E-state index contributed by atoms with van der Waals surface area (Å²) in [6.07, 6.45) is 0.301. The number of carbonyl (C=O) groups excluding carboxylic acids is 2. The SMILES string of the molecule is O=C(NCC(O)COc1ccc2c(c1)OCO2)C1CCN(C(=O)COc2ccccc2)CC1. The van der Waals surface area contributed by atoms with Crippen LogP contribution in [0.3, 0.4) is 0 Å². The Labute approximate surface area is 192 Å². The first-order valence-electron chi connectivity index (χ1n) is 11.0. The molecule has 0 spiro atoms. The quantitative estimate of drug-likeness (QED) is 0.590. The summed E-state index contributed by atoms with van der Waals surface area (Å²) in [5, 5.41) is 12.9. The molecule has 2 aromatic carbocycles. The van der Waals surface area contributed by atoms with Crippen molar-refractivity contribution < 1.29 is 33.6 Å². The third kappa shape index (κ3) is 6.29. The molecule has 9 heteroatoms. The highest BCUT2D eigenvalue weighted by atomic mass is 16.7. The van der Waals surface area contributed by atoms with Crippen LogP contribution < -0.4 is 24.3 Å². The van der Waals surface area contributed by atoms with Crippen LogP contribution in [0.15, 0.2) is 48.5 Å². The molecule has 1 atom stereocenters. The minimum Gasteiger partial charge on any atom is -0.491 e. The molecular weight excluding hydrogens is 428 g/mol. The number of hydrogen-bond donors (Lipinski definition) is 2. The molecule has 2 N–H and O–H groups in total. The number of nitrogens with one attached hydrogen (secondary N) is 1. The largest absolute Gasteiger partial charge is 0.491 e. The van der Waals surface area contributed by atoms with Crippen molar-refractivity contribution in [3.8, 4) is 23.0 Å². The monoisotopic (exact) mass is 456 g/mol. The van der Waals surface area contributed by atoms with Crippen LogP contribution in [0.2, 0.25) is 0 Å². The molecule has 1 saturated heterocycles. The molecule has 0 saturated carbocycles. The van der Waals surface area contributed by atoms with Gasteiger partial charge in [0, 0.05) is 31.6 Å². The number of nitrogens with zero attached hydrogens (tertiary/aromatic N) is 1.